The number of hydrogen-bond donors (Lipinski definition) is 1. The topological polar surface area (TPSA) is 75.7 Å². The third-order valence-corrected chi connectivity index (χ3v) is 7.01. The van der Waals surface area contributed by atoms with E-state index in [0.29, 0.717) is 17.9 Å². The number of nitrogens with zero attached hydrogens (tertiary/aromatic N) is 1. The molecule has 0 unspecified atom stereocenters. The van der Waals surface area contributed by atoms with Crippen molar-refractivity contribution in [2.75, 3.05) is 18.0 Å². The average Bonchev–Trinajstić information content (AvgIpc) is 2.79. The molecule has 168 valence electrons. The highest BCUT2D eigenvalue weighted by Gasteiger charge is 2.21. The number of anilines is 1. The van der Waals surface area contributed by atoms with Crippen LogP contribution in [0.4, 0.5) is 5.69 Å². The average molecular weight is 453 g/mol. The fourth-order valence-corrected chi connectivity index (χ4v) is 4.41. The summed E-state index contributed by atoms with van der Waals surface area (Å²) in [5.74, 6) is 0.553. The number of nitrogens with one attached hydrogen (secondary N) is 1. The Morgan fingerprint density at radius 3 is 2.12 bits per heavy atom. The van der Waals surface area contributed by atoms with Gasteiger partial charge in [-0.25, -0.2) is 8.42 Å². The van der Waals surface area contributed by atoms with Crippen LogP contribution in [0, 0.1) is 6.92 Å². The highest BCUT2D eigenvalue weighted by Crippen LogP contribution is 2.23. The molecule has 32 heavy (non-hydrogen) atoms. The van der Waals surface area contributed by atoms with Gasteiger partial charge in [0.25, 0.3) is 15.9 Å². The van der Waals surface area contributed by atoms with Crippen molar-refractivity contribution in [3.8, 4) is 5.75 Å². The maximum atomic E-state index is 12.9. The largest absolute Gasteiger partial charge is 0.494 e. The molecule has 0 fully saturated rings. The summed E-state index contributed by atoms with van der Waals surface area (Å²) in [5.41, 5.74) is 2.87. The van der Waals surface area contributed by atoms with Gasteiger partial charge in [0, 0.05) is 12.6 Å². The Hall–Kier alpha value is -3.32. The van der Waals surface area contributed by atoms with E-state index in [9.17, 15) is 13.2 Å². The van der Waals surface area contributed by atoms with Gasteiger partial charge in [0.05, 0.1) is 23.2 Å². The highest BCUT2D eigenvalue weighted by atomic mass is 32.2. The maximum Gasteiger partial charge on any atom is 0.264 e. The van der Waals surface area contributed by atoms with E-state index < -0.39 is 10.0 Å². The molecule has 0 radical (unpaired) electrons. The molecule has 3 aromatic rings. The van der Waals surface area contributed by atoms with Crippen molar-refractivity contribution in [2.24, 2.45) is 0 Å². The number of benzene rings is 3. The van der Waals surface area contributed by atoms with Crippen LogP contribution in [-0.4, -0.2) is 28.0 Å². The number of carbonyl (C=O) groups excluding carboxylic acids is 1. The third-order valence-electron chi connectivity index (χ3n) is 5.21. The van der Waals surface area contributed by atoms with E-state index in [1.807, 2.05) is 45.0 Å². The van der Waals surface area contributed by atoms with E-state index in [0.717, 1.165) is 16.9 Å². The van der Waals surface area contributed by atoms with Crippen LogP contribution in [0.2, 0.25) is 0 Å². The molecule has 0 bridgehead atoms. The van der Waals surface area contributed by atoms with Gasteiger partial charge < -0.3 is 10.1 Å². The Bertz CT molecular complexity index is 1160. The van der Waals surface area contributed by atoms with Crippen molar-refractivity contribution in [1.82, 2.24) is 5.32 Å². The van der Waals surface area contributed by atoms with Crippen LogP contribution in [0.5, 0.6) is 5.75 Å². The van der Waals surface area contributed by atoms with E-state index in [4.69, 9.17) is 4.74 Å². The van der Waals surface area contributed by atoms with E-state index in [2.05, 4.69) is 5.32 Å². The van der Waals surface area contributed by atoms with Crippen LogP contribution in [-0.2, 0) is 10.0 Å². The summed E-state index contributed by atoms with van der Waals surface area (Å²) in [7, 11) is -2.18. The molecule has 0 spiro atoms. The second kappa shape index (κ2) is 9.87. The smallest absolute Gasteiger partial charge is 0.264 e. The van der Waals surface area contributed by atoms with Gasteiger partial charge in [-0.15, -0.1) is 0 Å². The molecule has 1 atom stereocenters. The molecule has 7 heteroatoms. The van der Waals surface area contributed by atoms with Crippen LogP contribution >= 0.6 is 0 Å². The second-order valence-corrected chi connectivity index (χ2v) is 9.50. The number of carbonyl (C=O) groups is 1. The number of rotatable bonds is 8. The first-order chi connectivity index (χ1) is 15.2. The Morgan fingerprint density at radius 2 is 1.56 bits per heavy atom. The van der Waals surface area contributed by atoms with Crippen LogP contribution in [0.3, 0.4) is 0 Å². The lowest BCUT2D eigenvalue weighted by Crippen LogP contribution is -2.28. The van der Waals surface area contributed by atoms with Gasteiger partial charge in [0.15, 0.2) is 0 Å². The number of sulfonamides is 1. The van der Waals surface area contributed by atoms with Crippen molar-refractivity contribution < 1.29 is 17.9 Å². The zero-order valence-electron chi connectivity index (χ0n) is 18.7. The molecule has 1 amide bonds. The molecule has 1 N–H and O–H groups in total. The second-order valence-electron chi connectivity index (χ2n) is 7.53. The summed E-state index contributed by atoms with van der Waals surface area (Å²) in [6, 6.07) is 20.6. The SMILES string of the molecule is CCOc1ccc([C@H](C)NC(=O)c2ccc(N(C)S(=O)(=O)c3ccc(C)cc3)cc2)cc1. The highest BCUT2D eigenvalue weighted by molar-refractivity contribution is 7.92. The van der Waals surface area contributed by atoms with Crippen molar-refractivity contribution in [3.63, 3.8) is 0 Å². The lowest BCUT2D eigenvalue weighted by molar-refractivity contribution is 0.0940. The minimum absolute atomic E-state index is 0.192. The molecule has 3 aromatic carbocycles. The van der Waals surface area contributed by atoms with Gasteiger partial charge in [0.2, 0.25) is 0 Å². The standard InChI is InChI=1S/C25H28N2O4S/c1-5-31-23-14-10-20(11-15-23)19(3)26-25(28)21-8-12-22(13-9-21)27(4)32(29,30)24-16-6-18(2)7-17-24/h6-17,19H,5H2,1-4H3,(H,26,28)/t19-/m0/s1. The molecule has 0 aliphatic heterocycles. The molecule has 0 saturated heterocycles. The minimum Gasteiger partial charge on any atom is -0.494 e. The van der Waals surface area contributed by atoms with Gasteiger partial charge in [-0.05, 0) is 74.9 Å². The van der Waals surface area contributed by atoms with E-state index >= 15 is 0 Å². The molecule has 0 aliphatic rings. The first-order valence-corrected chi connectivity index (χ1v) is 11.9. The Balaban J connectivity index is 1.69. The molecule has 3 rings (SSSR count). The number of aryl methyl sites for hydroxylation is 1. The van der Waals surface area contributed by atoms with Crippen molar-refractivity contribution in [1.29, 1.82) is 0 Å². The Kier molecular flexibility index (Phi) is 7.20. The minimum atomic E-state index is -3.68. The molecule has 6 nitrogen and oxygen atoms in total. The van der Waals surface area contributed by atoms with Crippen LogP contribution in [0.15, 0.2) is 77.7 Å². The van der Waals surface area contributed by atoms with E-state index in [1.54, 1.807) is 48.5 Å². The summed E-state index contributed by atoms with van der Waals surface area (Å²) >= 11 is 0. The van der Waals surface area contributed by atoms with E-state index in [-0.39, 0.29) is 16.8 Å². The van der Waals surface area contributed by atoms with Crippen molar-refractivity contribution in [2.45, 2.75) is 31.7 Å². The number of ether oxygens (including phenoxy) is 1. The van der Waals surface area contributed by atoms with Crippen molar-refractivity contribution >= 4 is 21.6 Å². The van der Waals surface area contributed by atoms with Gasteiger partial charge in [-0.1, -0.05) is 29.8 Å². The number of hydrogen-bond acceptors (Lipinski definition) is 4. The number of amides is 1. The summed E-state index contributed by atoms with van der Waals surface area (Å²) < 4.78 is 32.4. The van der Waals surface area contributed by atoms with Gasteiger partial charge in [0.1, 0.15) is 5.75 Å². The zero-order valence-corrected chi connectivity index (χ0v) is 19.5. The molecular formula is C25H28N2O4S. The normalized spacial score (nSPS) is 12.1. The van der Waals surface area contributed by atoms with Gasteiger partial charge in [-0.3, -0.25) is 9.10 Å². The maximum absolute atomic E-state index is 12.9. The first-order valence-electron chi connectivity index (χ1n) is 10.4. The summed E-state index contributed by atoms with van der Waals surface area (Å²) in [6.07, 6.45) is 0. The lowest BCUT2D eigenvalue weighted by atomic mass is 10.1. The van der Waals surface area contributed by atoms with Crippen molar-refractivity contribution in [3.05, 3.63) is 89.5 Å². The lowest BCUT2D eigenvalue weighted by Gasteiger charge is -2.20. The Labute approximate surface area is 189 Å². The Morgan fingerprint density at radius 1 is 0.969 bits per heavy atom. The summed E-state index contributed by atoms with van der Waals surface area (Å²) in [4.78, 5) is 12.9. The fraction of sp³-hybridized carbons (Fsp3) is 0.240. The first kappa shape index (κ1) is 23.3. The van der Waals surface area contributed by atoms with Crippen LogP contribution in [0.1, 0.15) is 41.4 Å². The van der Waals surface area contributed by atoms with E-state index in [1.165, 1.54) is 11.4 Å². The van der Waals surface area contributed by atoms with Crippen LogP contribution in [0.25, 0.3) is 0 Å². The summed E-state index contributed by atoms with van der Waals surface area (Å²) in [6.45, 7) is 6.34. The monoisotopic (exact) mass is 452 g/mol. The molecule has 0 aliphatic carbocycles. The van der Waals surface area contributed by atoms with Crippen LogP contribution < -0.4 is 14.4 Å². The molecule has 0 saturated carbocycles. The predicted octanol–water partition coefficient (Wildman–Crippen LogP) is 4.71. The van der Waals surface area contributed by atoms with Gasteiger partial charge in [-0.2, -0.15) is 0 Å². The molecule has 0 heterocycles. The zero-order chi connectivity index (χ0) is 23.3. The molecular weight excluding hydrogens is 424 g/mol. The predicted molar refractivity (Wildman–Crippen MR) is 127 cm³/mol. The quantitative estimate of drug-likeness (QED) is 0.537. The van der Waals surface area contributed by atoms with Gasteiger partial charge >= 0.3 is 0 Å². The third kappa shape index (κ3) is 5.29. The fourth-order valence-electron chi connectivity index (χ4n) is 3.21. The molecule has 0 aromatic heterocycles. The summed E-state index contributed by atoms with van der Waals surface area (Å²) in [5, 5.41) is 2.96.